The highest BCUT2D eigenvalue weighted by molar-refractivity contribution is 7.89. The Morgan fingerprint density at radius 3 is 2.38 bits per heavy atom. The van der Waals surface area contributed by atoms with Gasteiger partial charge in [-0.15, -0.1) is 5.53 Å². The molecule has 0 fully saturated rings. The number of nitrogens with one attached hydrogen (secondary N) is 3. The second kappa shape index (κ2) is 12.3. The zero-order valence-electron chi connectivity index (χ0n) is 21.9. The number of hydrazine groups is 2. The van der Waals surface area contributed by atoms with E-state index in [9.17, 15) is 18.0 Å². The van der Waals surface area contributed by atoms with E-state index in [1.807, 2.05) is 30.3 Å². The highest BCUT2D eigenvalue weighted by atomic mass is 35.5. The van der Waals surface area contributed by atoms with Crippen LogP contribution in [0.25, 0.3) is 11.3 Å². The second-order valence-corrected chi connectivity index (χ2v) is 11.8. The van der Waals surface area contributed by atoms with Crippen LogP contribution in [0.5, 0.6) is 0 Å². The Kier molecular flexibility index (Phi) is 8.61. The van der Waals surface area contributed by atoms with Crippen molar-refractivity contribution in [1.29, 1.82) is 0 Å². The number of rotatable bonds is 9. The Balaban J connectivity index is 1.44. The number of amides is 1. The van der Waals surface area contributed by atoms with Crippen molar-refractivity contribution in [3.63, 3.8) is 0 Å². The van der Waals surface area contributed by atoms with Crippen LogP contribution in [0.2, 0.25) is 5.02 Å². The Hall–Kier alpha value is -4.20. The minimum Gasteiger partial charge on any atom is -0.350 e. The van der Waals surface area contributed by atoms with E-state index in [0.717, 1.165) is 5.56 Å². The fourth-order valence-corrected chi connectivity index (χ4v) is 5.22. The topological polar surface area (TPSA) is 151 Å². The number of carbonyl (C=O) groups excluding carboxylic acids is 1. The molecule has 5 rings (SSSR count). The number of halogens is 2. The average Bonchev–Trinajstić information content (AvgIpc) is 3.41. The number of nitrogens with two attached hydrogens (primary N) is 1. The lowest BCUT2D eigenvalue weighted by Crippen LogP contribution is -2.38. The monoisotopic (exact) mass is 625 g/mol. The van der Waals surface area contributed by atoms with Crippen LogP contribution < -0.4 is 32.0 Å². The molecule has 216 valence electrons. The third kappa shape index (κ3) is 6.81. The lowest BCUT2D eigenvalue weighted by atomic mass is 10.0. The molecule has 42 heavy (non-hydrogen) atoms. The molecule has 0 saturated carbocycles. The number of sulfonamides is 1. The van der Waals surface area contributed by atoms with Crippen molar-refractivity contribution in [1.82, 2.24) is 25.8 Å². The number of hydrogen-bond acceptors (Lipinski definition) is 8. The molecule has 1 aliphatic rings. The third-order valence-electron chi connectivity index (χ3n) is 6.50. The summed E-state index contributed by atoms with van der Waals surface area (Å²) in [6, 6.07) is 20.7. The van der Waals surface area contributed by atoms with Gasteiger partial charge in [0.15, 0.2) is 0 Å². The molecular weight excluding hydrogens is 601 g/mol. The molecule has 0 unspecified atom stereocenters. The number of hydrogen-bond donors (Lipinski definition) is 4. The van der Waals surface area contributed by atoms with Crippen LogP contribution in [0.15, 0.2) is 106 Å². The molecule has 3 aromatic carbocycles. The summed E-state index contributed by atoms with van der Waals surface area (Å²) in [5, 5.41) is 10.4. The fourth-order valence-electron chi connectivity index (χ4n) is 4.39. The summed E-state index contributed by atoms with van der Waals surface area (Å²) in [7, 11) is -3.83. The van der Waals surface area contributed by atoms with Gasteiger partial charge in [0.2, 0.25) is 15.9 Å². The number of benzene rings is 3. The van der Waals surface area contributed by atoms with Gasteiger partial charge >= 0.3 is 0 Å². The third-order valence-corrected chi connectivity index (χ3v) is 7.85. The van der Waals surface area contributed by atoms with E-state index in [2.05, 4.69) is 21.3 Å². The Bertz CT molecular complexity index is 1810. The van der Waals surface area contributed by atoms with Crippen molar-refractivity contribution in [3.05, 3.63) is 123 Å². The number of carbonyl (C=O) groups is 1. The minimum atomic E-state index is -3.83. The van der Waals surface area contributed by atoms with E-state index in [-0.39, 0.29) is 17.9 Å². The molecule has 0 radical (unpaired) electrons. The quantitative estimate of drug-likeness (QED) is 0.207. The second-order valence-electron chi connectivity index (χ2n) is 9.38. The predicted molar refractivity (Wildman–Crippen MR) is 160 cm³/mol. The van der Waals surface area contributed by atoms with E-state index in [4.69, 9.17) is 28.3 Å². The van der Waals surface area contributed by atoms with Crippen molar-refractivity contribution in [2.24, 2.45) is 5.14 Å². The van der Waals surface area contributed by atoms with Crippen molar-refractivity contribution >= 4 is 44.8 Å². The SMILES string of the molecule is NS(=O)(=O)c1ccc(CNC(=O)[C@H](Cc2ccccc2)n2cnc(-c3cc(Cl)ccc3N3C=C(Cl)NN3)cc2=O)cc1. The van der Waals surface area contributed by atoms with Gasteiger partial charge in [-0.05, 0) is 41.5 Å². The number of primary sulfonamides is 1. The molecule has 1 amide bonds. The lowest BCUT2D eigenvalue weighted by molar-refractivity contribution is -0.124. The van der Waals surface area contributed by atoms with Crippen LogP contribution in [0.1, 0.15) is 17.2 Å². The average molecular weight is 627 g/mol. The summed E-state index contributed by atoms with van der Waals surface area (Å²) in [6.07, 6.45) is 3.19. The Morgan fingerprint density at radius 1 is 1.00 bits per heavy atom. The highest BCUT2D eigenvalue weighted by Gasteiger charge is 2.24. The molecule has 0 saturated heterocycles. The van der Waals surface area contributed by atoms with Gasteiger partial charge in [0, 0.05) is 29.6 Å². The molecule has 0 aliphatic carbocycles. The van der Waals surface area contributed by atoms with E-state index >= 15 is 0 Å². The summed E-state index contributed by atoms with van der Waals surface area (Å²) in [5.74, 6) is -0.415. The van der Waals surface area contributed by atoms with E-state index in [1.54, 1.807) is 41.5 Å². The maximum Gasteiger partial charge on any atom is 0.254 e. The minimum absolute atomic E-state index is 0.0315. The van der Waals surface area contributed by atoms with Crippen LogP contribution in [-0.2, 0) is 27.8 Å². The summed E-state index contributed by atoms with van der Waals surface area (Å²) in [5.41, 5.74) is 8.27. The van der Waals surface area contributed by atoms with Gasteiger partial charge in [0.05, 0.1) is 28.8 Å². The van der Waals surface area contributed by atoms with Crippen molar-refractivity contribution in [3.8, 4) is 11.3 Å². The normalized spacial score (nSPS) is 13.8. The molecule has 1 aliphatic heterocycles. The molecule has 5 N–H and O–H groups in total. The first-order valence-electron chi connectivity index (χ1n) is 12.6. The molecule has 0 spiro atoms. The molecule has 0 bridgehead atoms. The van der Waals surface area contributed by atoms with Crippen LogP contribution in [0, 0.1) is 0 Å². The smallest absolute Gasteiger partial charge is 0.254 e. The number of nitrogens with zero attached hydrogens (tertiary/aromatic N) is 3. The zero-order valence-corrected chi connectivity index (χ0v) is 24.2. The zero-order chi connectivity index (χ0) is 29.9. The van der Waals surface area contributed by atoms with E-state index in [0.29, 0.717) is 32.7 Å². The first-order valence-corrected chi connectivity index (χ1v) is 14.9. The molecule has 11 nitrogen and oxygen atoms in total. The van der Waals surface area contributed by atoms with Gasteiger partial charge < -0.3 is 5.32 Å². The van der Waals surface area contributed by atoms with Crippen LogP contribution >= 0.6 is 23.2 Å². The first kappa shape index (κ1) is 29.3. The van der Waals surface area contributed by atoms with Gasteiger partial charge in [-0.2, -0.15) is 0 Å². The van der Waals surface area contributed by atoms with Gasteiger partial charge in [-0.25, -0.2) is 18.5 Å². The Labute approximate surface area is 251 Å². The summed E-state index contributed by atoms with van der Waals surface area (Å²) in [4.78, 5) is 31.5. The molecule has 1 aromatic heterocycles. The van der Waals surface area contributed by atoms with Gasteiger partial charge in [-0.3, -0.25) is 24.6 Å². The fraction of sp³-hybridized carbons (Fsp3) is 0.107. The van der Waals surface area contributed by atoms with Crippen LogP contribution in [-0.4, -0.2) is 23.9 Å². The summed E-state index contributed by atoms with van der Waals surface area (Å²) < 4.78 is 24.4. The van der Waals surface area contributed by atoms with Crippen molar-refractivity contribution in [2.75, 3.05) is 5.01 Å². The number of anilines is 1. The molecule has 1 atom stereocenters. The van der Waals surface area contributed by atoms with Gasteiger partial charge in [0.1, 0.15) is 11.2 Å². The van der Waals surface area contributed by atoms with Crippen molar-refractivity contribution in [2.45, 2.75) is 23.9 Å². The maximum atomic E-state index is 13.5. The first-order chi connectivity index (χ1) is 20.1. The van der Waals surface area contributed by atoms with E-state index < -0.39 is 27.5 Å². The van der Waals surface area contributed by atoms with Gasteiger partial charge in [-0.1, -0.05) is 65.7 Å². The Morgan fingerprint density at radius 2 is 1.74 bits per heavy atom. The highest BCUT2D eigenvalue weighted by Crippen LogP contribution is 2.32. The van der Waals surface area contributed by atoms with Gasteiger partial charge in [0.25, 0.3) is 5.56 Å². The molecular formula is C28H25Cl2N7O4S. The molecule has 2 heterocycles. The van der Waals surface area contributed by atoms with Crippen LogP contribution in [0.4, 0.5) is 5.69 Å². The molecule has 4 aromatic rings. The predicted octanol–water partition coefficient (Wildman–Crippen LogP) is 3.18. The van der Waals surface area contributed by atoms with Crippen LogP contribution in [0.3, 0.4) is 0 Å². The number of aromatic nitrogens is 2. The maximum absolute atomic E-state index is 13.5. The lowest BCUT2D eigenvalue weighted by Gasteiger charge is -2.21. The largest absolute Gasteiger partial charge is 0.350 e. The summed E-state index contributed by atoms with van der Waals surface area (Å²) in [6.45, 7) is 0.105. The van der Waals surface area contributed by atoms with E-state index in [1.165, 1.54) is 29.1 Å². The summed E-state index contributed by atoms with van der Waals surface area (Å²) >= 11 is 12.3. The standard InChI is InChI=1S/C28H25Cl2N7O4S/c29-20-8-11-24(37-16-26(30)34-35-37)22(13-20)23-14-27(38)36(17-33-23)25(12-18-4-2-1-3-5-18)28(39)32-15-19-6-9-21(10-7-19)42(31,40)41/h1-11,13-14,16-17,25,34-35H,12,15H2,(H,32,39)(H2,31,40,41)/t25-/m0/s1. The van der Waals surface area contributed by atoms with Crippen molar-refractivity contribution < 1.29 is 13.2 Å². The molecule has 14 heteroatoms.